The number of amides is 1. The highest BCUT2D eigenvalue weighted by atomic mass is 32.2. The highest BCUT2D eigenvalue weighted by molar-refractivity contribution is 7.89. The first-order valence-electron chi connectivity index (χ1n) is 8.11. The molecule has 2 aromatic carbocycles. The molecular formula is C18H21FN2O5S. The Hall–Kier alpha value is -2.65. The maximum absolute atomic E-state index is 13.0. The molecule has 0 aliphatic rings. The lowest BCUT2D eigenvalue weighted by Crippen LogP contribution is -2.43. The molecule has 146 valence electrons. The summed E-state index contributed by atoms with van der Waals surface area (Å²) in [5.41, 5.74) is 0.348. The molecule has 0 saturated carbocycles. The summed E-state index contributed by atoms with van der Waals surface area (Å²) >= 11 is 0. The average molecular weight is 396 g/mol. The maximum Gasteiger partial charge on any atom is 0.242 e. The van der Waals surface area contributed by atoms with Gasteiger partial charge in [0.25, 0.3) is 0 Å². The minimum Gasteiger partial charge on any atom is -0.497 e. The molecule has 0 aromatic heterocycles. The zero-order valence-corrected chi connectivity index (χ0v) is 16.0. The van der Waals surface area contributed by atoms with E-state index in [9.17, 15) is 17.6 Å². The van der Waals surface area contributed by atoms with Crippen LogP contribution >= 0.6 is 0 Å². The van der Waals surface area contributed by atoms with Crippen molar-refractivity contribution in [2.45, 2.75) is 24.3 Å². The van der Waals surface area contributed by atoms with Crippen molar-refractivity contribution in [3.63, 3.8) is 0 Å². The number of ether oxygens (including phenoxy) is 2. The molecule has 9 heteroatoms. The SMILES string of the molecule is CCC(NS(=O)(=O)c1ccc(F)cc1)C(=O)Nc1cc(OC)ccc1OC. The van der Waals surface area contributed by atoms with Gasteiger partial charge in [-0.1, -0.05) is 6.92 Å². The van der Waals surface area contributed by atoms with Gasteiger partial charge in [0.15, 0.2) is 0 Å². The fourth-order valence-electron chi connectivity index (χ4n) is 2.32. The summed E-state index contributed by atoms with van der Waals surface area (Å²) in [4.78, 5) is 12.4. The van der Waals surface area contributed by atoms with Crippen LogP contribution in [0.25, 0.3) is 0 Å². The molecule has 1 amide bonds. The van der Waals surface area contributed by atoms with Crippen molar-refractivity contribution in [3.05, 3.63) is 48.3 Å². The molecule has 0 aliphatic carbocycles. The molecular weight excluding hydrogens is 375 g/mol. The first kappa shape index (κ1) is 20.7. The second-order valence-corrected chi connectivity index (χ2v) is 7.31. The molecule has 0 fully saturated rings. The van der Waals surface area contributed by atoms with E-state index in [1.807, 2.05) is 0 Å². The first-order valence-corrected chi connectivity index (χ1v) is 9.59. The molecule has 0 heterocycles. The third-order valence-corrected chi connectivity index (χ3v) is 5.30. The summed E-state index contributed by atoms with van der Waals surface area (Å²) in [6, 6.07) is 8.17. The summed E-state index contributed by atoms with van der Waals surface area (Å²) < 4.78 is 50.5. The van der Waals surface area contributed by atoms with Gasteiger partial charge in [-0.05, 0) is 42.8 Å². The van der Waals surface area contributed by atoms with Crippen LogP contribution in [-0.4, -0.2) is 34.6 Å². The quantitative estimate of drug-likeness (QED) is 0.715. The Balaban J connectivity index is 2.20. The Bertz CT molecular complexity index is 900. The molecule has 27 heavy (non-hydrogen) atoms. The second-order valence-electron chi connectivity index (χ2n) is 5.59. The second kappa shape index (κ2) is 8.83. The van der Waals surface area contributed by atoms with Crippen molar-refractivity contribution in [1.82, 2.24) is 4.72 Å². The van der Waals surface area contributed by atoms with Crippen LogP contribution in [0, 0.1) is 5.82 Å². The summed E-state index contributed by atoms with van der Waals surface area (Å²) in [5, 5.41) is 2.64. The zero-order chi connectivity index (χ0) is 20.0. The van der Waals surface area contributed by atoms with Crippen molar-refractivity contribution in [2.75, 3.05) is 19.5 Å². The predicted molar refractivity (Wildman–Crippen MR) is 99.0 cm³/mol. The highest BCUT2D eigenvalue weighted by Gasteiger charge is 2.25. The minimum atomic E-state index is -3.99. The van der Waals surface area contributed by atoms with Gasteiger partial charge < -0.3 is 14.8 Å². The largest absolute Gasteiger partial charge is 0.497 e. The molecule has 2 N–H and O–H groups in total. The smallest absolute Gasteiger partial charge is 0.242 e. The monoisotopic (exact) mass is 396 g/mol. The third kappa shape index (κ3) is 5.18. The number of hydrogen-bond donors (Lipinski definition) is 2. The van der Waals surface area contributed by atoms with E-state index in [4.69, 9.17) is 9.47 Å². The average Bonchev–Trinajstić information content (AvgIpc) is 2.66. The Morgan fingerprint density at radius 2 is 1.78 bits per heavy atom. The van der Waals surface area contributed by atoms with E-state index in [2.05, 4.69) is 10.0 Å². The van der Waals surface area contributed by atoms with Gasteiger partial charge in [-0.25, -0.2) is 12.8 Å². The third-order valence-electron chi connectivity index (χ3n) is 3.81. The number of methoxy groups -OCH3 is 2. The molecule has 1 atom stereocenters. The van der Waals surface area contributed by atoms with Crippen LogP contribution in [0.15, 0.2) is 47.4 Å². The number of carbonyl (C=O) groups is 1. The molecule has 2 rings (SSSR count). The Morgan fingerprint density at radius 3 is 2.33 bits per heavy atom. The minimum absolute atomic E-state index is 0.130. The van der Waals surface area contributed by atoms with E-state index < -0.39 is 27.8 Å². The van der Waals surface area contributed by atoms with E-state index in [1.165, 1.54) is 14.2 Å². The van der Waals surface area contributed by atoms with Gasteiger partial charge in [-0.2, -0.15) is 4.72 Å². The molecule has 1 unspecified atom stereocenters. The van der Waals surface area contributed by atoms with E-state index in [0.29, 0.717) is 17.2 Å². The Morgan fingerprint density at radius 1 is 1.11 bits per heavy atom. The van der Waals surface area contributed by atoms with Crippen LogP contribution in [-0.2, 0) is 14.8 Å². The summed E-state index contributed by atoms with van der Waals surface area (Å²) in [6.07, 6.45) is 0.207. The lowest BCUT2D eigenvalue weighted by atomic mass is 10.2. The zero-order valence-electron chi connectivity index (χ0n) is 15.2. The number of nitrogens with one attached hydrogen (secondary N) is 2. The number of sulfonamides is 1. The Labute approximate surface area is 157 Å². The topological polar surface area (TPSA) is 93.7 Å². The number of rotatable bonds is 8. The van der Waals surface area contributed by atoms with E-state index >= 15 is 0 Å². The van der Waals surface area contributed by atoms with Gasteiger partial charge in [-0.3, -0.25) is 4.79 Å². The van der Waals surface area contributed by atoms with Crippen LogP contribution in [0.1, 0.15) is 13.3 Å². The van der Waals surface area contributed by atoms with Crippen molar-refractivity contribution in [2.24, 2.45) is 0 Å². The lowest BCUT2D eigenvalue weighted by molar-refractivity contribution is -0.117. The Kier molecular flexibility index (Phi) is 6.75. The standard InChI is InChI=1S/C18H21FN2O5S/c1-4-15(21-27(23,24)14-8-5-12(19)6-9-14)18(22)20-16-11-13(25-2)7-10-17(16)26-3/h5-11,15,21H,4H2,1-3H3,(H,20,22). The molecule has 0 aliphatic heterocycles. The molecule has 0 bridgehead atoms. The van der Waals surface area contributed by atoms with Crippen LogP contribution in [0.3, 0.4) is 0 Å². The molecule has 7 nitrogen and oxygen atoms in total. The lowest BCUT2D eigenvalue weighted by Gasteiger charge is -2.18. The van der Waals surface area contributed by atoms with Gasteiger partial charge in [0, 0.05) is 6.07 Å². The number of hydrogen-bond acceptors (Lipinski definition) is 5. The van der Waals surface area contributed by atoms with Gasteiger partial charge >= 0.3 is 0 Å². The van der Waals surface area contributed by atoms with Gasteiger partial charge in [0.2, 0.25) is 15.9 Å². The van der Waals surface area contributed by atoms with E-state index in [1.54, 1.807) is 25.1 Å². The molecule has 0 spiro atoms. The summed E-state index contributed by atoms with van der Waals surface area (Å²) in [5.74, 6) is -0.204. The van der Waals surface area contributed by atoms with Gasteiger partial charge in [0.05, 0.1) is 24.8 Å². The molecule has 0 saturated heterocycles. The normalized spacial score (nSPS) is 12.3. The fraction of sp³-hybridized carbons (Fsp3) is 0.278. The van der Waals surface area contributed by atoms with Crippen LogP contribution in [0.4, 0.5) is 10.1 Å². The number of carbonyl (C=O) groups excluding carboxylic acids is 1. The molecule has 2 aromatic rings. The predicted octanol–water partition coefficient (Wildman–Crippen LogP) is 2.54. The molecule has 0 radical (unpaired) electrons. The van der Waals surface area contributed by atoms with Gasteiger partial charge in [-0.15, -0.1) is 0 Å². The first-order chi connectivity index (χ1) is 12.8. The van der Waals surface area contributed by atoms with Crippen LogP contribution in [0.2, 0.25) is 0 Å². The van der Waals surface area contributed by atoms with Gasteiger partial charge in [0.1, 0.15) is 23.4 Å². The number of benzene rings is 2. The van der Waals surface area contributed by atoms with Crippen LogP contribution < -0.4 is 19.5 Å². The fourth-order valence-corrected chi connectivity index (χ4v) is 3.60. The van der Waals surface area contributed by atoms with Crippen molar-refractivity contribution in [3.8, 4) is 11.5 Å². The highest BCUT2D eigenvalue weighted by Crippen LogP contribution is 2.29. The number of halogens is 1. The summed E-state index contributed by atoms with van der Waals surface area (Å²) in [6.45, 7) is 1.67. The van der Waals surface area contributed by atoms with Crippen LogP contribution in [0.5, 0.6) is 11.5 Å². The maximum atomic E-state index is 13.0. The summed E-state index contributed by atoms with van der Waals surface area (Å²) in [7, 11) is -1.05. The van der Waals surface area contributed by atoms with Crippen molar-refractivity contribution in [1.29, 1.82) is 0 Å². The van der Waals surface area contributed by atoms with E-state index in [-0.39, 0.29) is 11.3 Å². The number of anilines is 1. The van der Waals surface area contributed by atoms with E-state index in [0.717, 1.165) is 24.3 Å². The van der Waals surface area contributed by atoms with Crippen molar-refractivity contribution >= 4 is 21.6 Å². The van der Waals surface area contributed by atoms with Crippen molar-refractivity contribution < 1.29 is 27.1 Å².